The normalized spacial score (nSPS) is 12.3. The van der Waals surface area contributed by atoms with E-state index in [-0.39, 0.29) is 0 Å². The number of imidazole rings is 1. The number of H-pyrrole nitrogens is 1. The Bertz CT molecular complexity index is 1320. The molecule has 2 heterocycles. The number of allylic oxidation sites excluding steroid dienone is 1. The molecule has 184 valence electrons. The van der Waals surface area contributed by atoms with Crippen molar-refractivity contribution >= 4 is 46.6 Å². The van der Waals surface area contributed by atoms with Crippen molar-refractivity contribution in [2.45, 2.75) is 18.9 Å². The van der Waals surface area contributed by atoms with E-state index < -0.39 is 17.9 Å². The van der Waals surface area contributed by atoms with Crippen molar-refractivity contribution in [3.05, 3.63) is 94.5 Å². The molecule has 0 aliphatic rings. The highest BCUT2D eigenvalue weighted by atomic mass is 32.2. The summed E-state index contributed by atoms with van der Waals surface area (Å²) in [5, 5.41) is 15.1. The molecule has 0 spiro atoms. The minimum Gasteiger partial charge on any atom is -0.480 e. The van der Waals surface area contributed by atoms with Crippen LogP contribution in [0.4, 0.5) is 0 Å². The molecule has 1 atom stereocenters. The van der Waals surface area contributed by atoms with Crippen molar-refractivity contribution in [1.82, 2.24) is 20.3 Å². The van der Waals surface area contributed by atoms with Crippen LogP contribution >= 0.6 is 23.1 Å². The first kappa shape index (κ1) is 25.4. The fourth-order valence-electron chi connectivity index (χ4n) is 3.74. The van der Waals surface area contributed by atoms with Crippen LogP contribution in [0.15, 0.2) is 72.5 Å². The maximum absolute atomic E-state index is 13.2. The molecule has 0 unspecified atom stereocenters. The lowest BCUT2D eigenvalue weighted by Gasteiger charge is -2.15. The number of nitrogens with zero attached hydrogens (tertiary/aromatic N) is 2. The fourth-order valence-corrected chi connectivity index (χ4v) is 4.87. The van der Waals surface area contributed by atoms with Crippen LogP contribution in [-0.4, -0.2) is 50.0 Å². The van der Waals surface area contributed by atoms with Gasteiger partial charge in [-0.1, -0.05) is 30.3 Å². The topological polar surface area (TPSA) is 108 Å². The van der Waals surface area contributed by atoms with Crippen LogP contribution in [0.3, 0.4) is 0 Å². The quantitative estimate of drug-likeness (QED) is 0.250. The Balaban J connectivity index is 1.74. The highest BCUT2D eigenvalue weighted by Crippen LogP contribution is 2.28. The third-order valence-corrected chi connectivity index (χ3v) is 6.99. The van der Waals surface area contributed by atoms with Gasteiger partial charge in [0.25, 0.3) is 5.91 Å². The number of hydrogen-bond acceptors (Lipinski definition) is 6. The standard InChI is InChI=1S/C27H26N4O3S2/c1-35-11-7-23(27(33)34)31-25(32)21-14-18(13-20(16-21)19-5-3-2-4-6-19)15-22(26-30-10-12-36-26)17-24-28-8-9-29-24/h2-6,8-10,12-16,23H,7,11,17H2,1H3,(H,28,29)(H,31,32)(H,33,34)/t23-/m0/s1. The molecule has 4 aromatic rings. The van der Waals surface area contributed by atoms with Crippen molar-refractivity contribution < 1.29 is 14.7 Å². The molecule has 2 aromatic heterocycles. The predicted molar refractivity (Wildman–Crippen MR) is 146 cm³/mol. The molecule has 0 bridgehead atoms. The number of aromatic amines is 1. The zero-order valence-electron chi connectivity index (χ0n) is 19.7. The average molecular weight is 519 g/mol. The van der Waals surface area contributed by atoms with Crippen LogP contribution in [0.25, 0.3) is 22.8 Å². The Morgan fingerprint density at radius 2 is 1.97 bits per heavy atom. The van der Waals surface area contributed by atoms with E-state index in [4.69, 9.17) is 0 Å². The number of carbonyl (C=O) groups excluding carboxylic acids is 1. The van der Waals surface area contributed by atoms with E-state index in [0.29, 0.717) is 24.2 Å². The number of rotatable bonds is 11. The minimum absolute atomic E-state index is 0.352. The van der Waals surface area contributed by atoms with Crippen LogP contribution < -0.4 is 5.32 Å². The number of nitrogens with one attached hydrogen (secondary N) is 2. The third-order valence-electron chi connectivity index (χ3n) is 5.50. The number of benzene rings is 2. The van der Waals surface area contributed by atoms with Gasteiger partial charge in [-0.05, 0) is 65.0 Å². The lowest BCUT2D eigenvalue weighted by molar-refractivity contribution is -0.139. The summed E-state index contributed by atoms with van der Waals surface area (Å²) in [6.07, 6.45) is 10.1. The summed E-state index contributed by atoms with van der Waals surface area (Å²) >= 11 is 3.08. The first-order valence-corrected chi connectivity index (χ1v) is 13.6. The fraction of sp³-hybridized carbons (Fsp3) is 0.185. The number of thioether (sulfide) groups is 1. The molecule has 7 nitrogen and oxygen atoms in total. The minimum atomic E-state index is -1.04. The van der Waals surface area contributed by atoms with Crippen molar-refractivity contribution in [3.8, 4) is 11.1 Å². The van der Waals surface area contributed by atoms with Gasteiger partial charge in [-0.3, -0.25) is 4.79 Å². The van der Waals surface area contributed by atoms with Gasteiger partial charge in [-0.15, -0.1) is 11.3 Å². The zero-order chi connectivity index (χ0) is 25.3. The van der Waals surface area contributed by atoms with Crippen LogP contribution in [0.2, 0.25) is 0 Å². The zero-order valence-corrected chi connectivity index (χ0v) is 21.3. The van der Waals surface area contributed by atoms with E-state index in [2.05, 4.69) is 20.3 Å². The molecule has 2 aromatic carbocycles. The molecular weight excluding hydrogens is 492 g/mol. The highest BCUT2D eigenvalue weighted by molar-refractivity contribution is 7.98. The lowest BCUT2D eigenvalue weighted by Crippen LogP contribution is -2.41. The molecule has 0 radical (unpaired) electrons. The first-order chi connectivity index (χ1) is 17.5. The summed E-state index contributed by atoms with van der Waals surface area (Å²) in [4.78, 5) is 36.9. The summed E-state index contributed by atoms with van der Waals surface area (Å²) in [5.74, 6) is -0.00934. The second-order valence-electron chi connectivity index (χ2n) is 8.07. The predicted octanol–water partition coefficient (Wildman–Crippen LogP) is 5.25. The van der Waals surface area contributed by atoms with Crippen LogP contribution in [-0.2, 0) is 11.2 Å². The van der Waals surface area contributed by atoms with Gasteiger partial charge in [-0.25, -0.2) is 14.8 Å². The van der Waals surface area contributed by atoms with Gasteiger partial charge in [0.15, 0.2) is 0 Å². The summed E-state index contributed by atoms with van der Waals surface area (Å²) < 4.78 is 0. The summed E-state index contributed by atoms with van der Waals surface area (Å²) in [5.41, 5.74) is 3.99. The molecule has 1 amide bonds. The van der Waals surface area contributed by atoms with Crippen molar-refractivity contribution in [2.24, 2.45) is 0 Å². The van der Waals surface area contributed by atoms with E-state index in [0.717, 1.165) is 33.1 Å². The van der Waals surface area contributed by atoms with Crippen molar-refractivity contribution in [3.63, 3.8) is 0 Å². The largest absolute Gasteiger partial charge is 0.480 e. The van der Waals surface area contributed by atoms with Gasteiger partial charge in [0.2, 0.25) is 0 Å². The van der Waals surface area contributed by atoms with Gasteiger partial charge in [0, 0.05) is 36.0 Å². The third kappa shape index (κ3) is 6.71. The van der Waals surface area contributed by atoms with Gasteiger partial charge in [0.1, 0.15) is 16.9 Å². The number of carboxylic acids is 1. The van der Waals surface area contributed by atoms with Crippen molar-refractivity contribution in [2.75, 3.05) is 12.0 Å². The van der Waals surface area contributed by atoms with Crippen LogP contribution in [0.1, 0.15) is 33.2 Å². The Morgan fingerprint density at radius 1 is 1.14 bits per heavy atom. The number of carbonyl (C=O) groups is 2. The summed E-state index contributed by atoms with van der Waals surface area (Å²) in [6, 6.07) is 14.4. The molecule has 36 heavy (non-hydrogen) atoms. The second kappa shape index (κ2) is 12.3. The van der Waals surface area contributed by atoms with Gasteiger partial charge in [0.05, 0.1) is 0 Å². The van der Waals surface area contributed by atoms with E-state index in [1.807, 2.05) is 54.1 Å². The Morgan fingerprint density at radius 3 is 2.64 bits per heavy atom. The maximum atomic E-state index is 13.2. The summed E-state index contributed by atoms with van der Waals surface area (Å²) in [7, 11) is 0. The molecule has 0 fully saturated rings. The molecule has 4 rings (SSSR count). The Hall–Kier alpha value is -3.69. The molecular formula is C27H26N4O3S2. The van der Waals surface area contributed by atoms with Gasteiger partial charge in [-0.2, -0.15) is 11.8 Å². The van der Waals surface area contributed by atoms with E-state index in [9.17, 15) is 14.7 Å². The monoisotopic (exact) mass is 518 g/mol. The summed E-state index contributed by atoms with van der Waals surface area (Å²) in [6.45, 7) is 0. The van der Waals surface area contributed by atoms with E-state index in [1.165, 1.54) is 11.3 Å². The molecule has 0 aliphatic carbocycles. The average Bonchev–Trinajstić information content (AvgIpc) is 3.61. The number of carboxylic acid groups (broad SMARTS) is 1. The smallest absolute Gasteiger partial charge is 0.326 e. The van der Waals surface area contributed by atoms with Crippen LogP contribution in [0.5, 0.6) is 0 Å². The highest BCUT2D eigenvalue weighted by Gasteiger charge is 2.21. The van der Waals surface area contributed by atoms with Gasteiger partial charge < -0.3 is 15.4 Å². The molecule has 0 saturated carbocycles. The second-order valence-corrected chi connectivity index (χ2v) is 9.96. The number of aromatic nitrogens is 3. The Labute approximate surface area is 217 Å². The Kier molecular flexibility index (Phi) is 8.70. The van der Waals surface area contributed by atoms with Crippen molar-refractivity contribution in [1.29, 1.82) is 0 Å². The SMILES string of the molecule is CSCC[C@H](NC(=O)c1cc(C=C(Cc2ncc[nH]2)c2nccs2)cc(-c2ccccc2)c1)C(=O)O. The lowest BCUT2D eigenvalue weighted by atomic mass is 9.97. The molecule has 0 saturated heterocycles. The van der Waals surface area contributed by atoms with E-state index >= 15 is 0 Å². The van der Waals surface area contributed by atoms with E-state index in [1.54, 1.807) is 42.5 Å². The maximum Gasteiger partial charge on any atom is 0.326 e. The van der Waals surface area contributed by atoms with Crippen LogP contribution in [0, 0.1) is 0 Å². The molecule has 3 N–H and O–H groups in total. The number of aliphatic carboxylic acids is 1. The molecule has 0 aliphatic heterocycles. The van der Waals surface area contributed by atoms with Gasteiger partial charge >= 0.3 is 5.97 Å². The number of amides is 1. The number of thiazole rings is 1. The number of hydrogen-bond donors (Lipinski definition) is 3. The molecule has 9 heteroatoms. The first-order valence-electron chi connectivity index (χ1n) is 11.4.